The fourth-order valence-electron chi connectivity index (χ4n) is 4.28. The van der Waals surface area contributed by atoms with Crippen LogP contribution in [0.3, 0.4) is 0 Å². The number of carbonyl (C=O) groups excluding carboxylic acids is 1. The summed E-state index contributed by atoms with van der Waals surface area (Å²) >= 11 is 0. The highest BCUT2D eigenvalue weighted by Gasteiger charge is 2.31. The van der Waals surface area contributed by atoms with E-state index in [1.54, 1.807) is 0 Å². The summed E-state index contributed by atoms with van der Waals surface area (Å²) in [5, 5.41) is 8.73. The summed E-state index contributed by atoms with van der Waals surface area (Å²) in [5.74, 6) is 2.45. The number of hydrogen-bond acceptors (Lipinski definition) is 6. The standard InChI is InChI=1S/C21H29N5O3S/c1-24(18-9-14-30(28,29)16-18)10-8-21(27)25-11-7-19-22-23-20(26(19)13-12-25)15-17-5-3-2-4-6-17/h2-6,18H,7-16H2,1H3. The number of aromatic nitrogens is 3. The average molecular weight is 432 g/mol. The summed E-state index contributed by atoms with van der Waals surface area (Å²) < 4.78 is 25.5. The van der Waals surface area contributed by atoms with Crippen molar-refractivity contribution >= 4 is 15.7 Å². The van der Waals surface area contributed by atoms with Crippen molar-refractivity contribution in [2.75, 3.05) is 38.2 Å². The van der Waals surface area contributed by atoms with Crippen LogP contribution < -0.4 is 0 Å². The second kappa shape index (κ2) is 8.85. The van der Waals surface area contributed by atoms with E-state index >= 15 is 0 Å². The van der Waals surface area contributed by atoms with Gasteiger partial charge in [-0.2, -0.15) is 0 Å². The van der Waals surface area contributed by atoms with Crippen LogP contribution in [0.15, 0.2) is 30.3 Å². The van der Waals surface area contributed by atoms with Crippen molar-refractivity contribution in [3.63, 3.8) is 0 Å². The fraction of sp³-hybridized carbons (Fsp3) is 0.571. The van der Waals surface area contributed by atoms with Crippen molar-refractivity contribution in [1.29, 1.82) is 0 Å². The highest BCUT2D eigenvalue weighted by Crippen LogP contribution is 2.17. The fourth-order valence-corrected chi connectivity index (χ4v) is 6.08. The van der Waals surface area contributed by atoms with Gasteiger partial charge >= 0.3 is 0 Å². The minimum atomic E-state index is -2.91. The highest BCUT2D eigenvalue weighted by molar-refractivity contribution is 7.91. The van der Waals surface area contributed by atoms with Gasteiger partial charge in [0.2, 0.25) is 5.91 Å². The number of amides is 1. The molecule has 162 valence electrons. The summed E-state index contributed by atoms with van der Waals surface area (Å²) in [6.45, 7) is 2.57. The molecule has 0 spiro atoms. The van der Waals surface area contributed by atoms with Crippen LogP contribution in [0.2, 0.25) is 0 Å². The van der Waals surface area contributed by atoms with E-state index in [4.69, 9.17) is 0 Å². The molecule has 4 rings (SSSR count). The molecule has 0 saturated carbocycles. The third kappa shape index (κ3) is 4.89. The molecular formula is C21H29N5O3S. The van der Waals surface area contributed by atoms with Crippen molar-refractivity contribution in [1.82, 2.24) is 24.6 Å². The lowest BCUT2D eigenvalue weighted by atomic mass is 10.1. The van der Waals surface area contributed by atoms with E-state index in [-0.39, 0.29) is 23.5 Å². The van der Waals surface area contributed by atoms with Crippen LogP contribution in [0.1, 0.15) is 30.1 Å². The molecule has 0 aliphatic carbocycles. The molecule has 2 aromatic rings. The second-order valence-electron chi connectivity index (χ2n) is 8.26. The first kappa shape index (κ1) is 21.0. The van der Waals surface area contributed by atoms with Gasteiger partial charge in [-0.15, -0.1) is 10.2 Å². The molecule has 1 atom stereocenters. The van der Waals surface area contributed by atoms with E-state index in [9.17, 15) is 13.2 Å². The van der Waals surface area contributed by atoms with Gasteiger partial charge in [0.05, 0.1) is 11.5 Å². The van der Waals surface area contributed by atoms with Gasteiger partial charge in [0.15, 0.2) is 9.84 Å². The summed E-state index contributed by atoms with van der Waals surface area (Å²) in [7, 11) is -0.993. The van der Waals surface area contributed by atoms with Crippen LogP contribution >= 0.6 is 0 Å². The number of fused-ring (bicyclic) bond motifs is 1. The first-order chi connectivity index (χ1) is 14.4. The zero-order chi connectivity index (χ0) is 21.1. The Labute approximate surface area is 177 Å². The molecule has 1 unspecified atom stereocenters. The summed E-state index contributed by atoms with van der Waals surface area (Å²) in [5.41, 5.74) is 1.20. The Kier molecular flexibility index (Phi) is 6.19. The number of hydrogen-bond donors (Lipinski definition) is 0. The normalized spacial score (nSPS) is 20.9. The number of carbonyl (C=O) groups is 1. The third-order valence-electron chi connectivity index (χ3n) is 6.17. The van der Waals surface area contributed by atoms with Gasteiger partial charge in [0, 0.05) is 51.5 Å². The second-order valence-corrected chi connectivity index (χ2v) is 10.5. The number of nitrogens with zero attached hydrogens (tertiary/aromatic N) is 5. The maximum atomic E-state index is 12.8. The first-order valence-corrected chi connectivity index (χ1v) is 12.4. The Hall–Kier alpha value is -2.26. The lowest BCUT2D eigenvalue weighted by Gasteiger charge is -2.25. The summed E-state index contributed by atoms with van der Waals surface area (Å²) in [4.78, 5) is 16.7. The average Bonchev–Trinajstić information content (AvgIpc) is 3.21. The topological polar surface area (TPSA) is 88.4 Å². The largest absolute Gasteiger partial charge is 0.340 e. The number of sulfone groups is 1. The van der Waals surface area contributed by atoms with Crippen molar-refractivity contribution in [2.24, 2.45) is 0 Å². The lowest BCUT2D eigenvalue weighted by Crippen LogP contribution is -2.38. The molecule has 1 fully saturated rings. The van der Waals surface area contributed by atoms with E-state index in [2.05, 4.69) is 26.9 Å². The predicted molar refractivity (Wildman–Crippen MR) is 114 cm³/mol. The van der Waals surface area contributed by atoms with Crippen molar-refractivity contribution in [3.05, 3.63) is 47.5 Å². The SMILES string of the molecule is CN(CCC(=O)N1CCc2nnc(Cc3ccccc3)n2CC1)C1CCS(=O)(=O)C1. The van der Waals surface area contributed by atoms with E-state index in [0.717, 1.165) is 18.1 Å². The van der Waals surface area contributed by atoms with E-state index in [1.165, 1.54) is 5.56 Å². The van der Waals surface area contributed by atoms with Crippen LogP contribution in [-0.2, 0) is 34.0 Å². The molecule has 9 heteroatoms. The van der Waals surface area contributed by atoms with Crippen LogP contribution in [0, 0.1) is 0 Å². The molecule has 0 radical (unpaired) electrons. The minimum Gasteiger partial charge on any atom is -0.340 e. The molecule has 1 aromatic heterocycles. The van der Waals surface area contributed by atoms with Crippen molar-refractivity contribution < 1.29 is 13.2 Å². The number of rotatable bonds is 6. The van der Waals surface area contributed by atoms with Gasteiger partial charge in [0.25, 0.3) is 0 Å². The van der Waals surface area contributed by atoms with Gasteiger partial charge in [-0.3, -0.25) is 4.79 Å². The van der Waals surface area contributed by atoms with Gasteiger partial charge < -0.3 is 14.4 Å². The summed E-state index contributed by atoms with van der Waals surface area (Å²) in [6.07, 6.45) is 2.50. The van der Waals surface area contributed by atoms with Gasteiger partial charge in [-0.25, -0.2) is 8.42 Å². The molecule has 0 bridgehead atoms. The van der Waals surface area contributed by atoms with Crippen LogP contribution in [0.5, 0.6) is 0 Å². The molecule has 1 amide bonds. The third-order valence-corrected chi connectivity index (χ3v) is 7.92. The molecule has 2 aliphatic rings. The molecule has 30 heavy (non-hydrogen) atoms. The first-order valence-electron chi connectivity index (χ1n) is 10.5. The highest BCUT2D eigenvalue weighted by atomic mass is 32.2. The smallest absolute Gasteiger partial charge is 0.223 e. The van der Waals surface area contributed by atoms with Gasteiger partial charge in [-0.1, -0.05) is 30.3 Å². The van der Waals surface area contributed by atoms with Gasteiger partial charge in [-0.05, 0) is 19.0 Å². The molecule has 3 heterocycles. The Morgan fingerprint density at radius 2 is 1.97 bits per heavy atom. The Morgan fingerprint density at radius 1 is 1.17 bits per heavy atom. The van der Waals surface area contributed by atoms with E-state index < -0.39 is 9.84 Å². The maximum Gasteiger partial charge on any atom is 0.223 e. The zero-order valence-electron chi connectivity index (χ0n) is 17.4. The zero-order valence-corrected chi connectivity index (χ0v) is 18.2. The van der Waals surface area contributed by atoms with Crippen molar-refractivity contribution in [2.45, 2.75) is 38.3 Å². The predicted octanol–water partition coefficient (Wildman–Crippen LogP) is 0.763. The minimum absolute atomic E-state index is 0.0310. The Morgan fingerprint density at radius 3 is 2.70 bits per heavy atom. The molecular weight excluding hydrogens is 402 g/mol. The van der Waals surface area contributed by atoms with E-state index in [1.807, 2.05) is 35.0 Å². The molecule has 0 N–H and O–H groups in total. The van der Waals surface area contributed by atoms with Crippen LogP contribution in [0.25, 0.3) is 0 Å². The molecule has 8 nitrogen and oxygen atoms in total. The maximum absolute atomic E-state index is 12.8. The molecule has 2 aliphatic heterocycles. The summed E-state index contributed by atoms with van der Waals surface area (Å²) in [6, 6.07) is 10.2. The lowest BCUT2D eigenvalue weighted by molar-refractivity contribution is -0.131. The Bertz CT molecular complexity index is 989. The number of benzene rings is 1. The van der Waals surface area contributed by atoms with Crippen molar-refractivity contribution in [3.8, 4) is 0 Å². The van der Waals surface area contributed by atoms with Crippen LogP contribution in [-0.4, -0.2) is 83.1 Å². The monoisotopic (exact) mass is 431 g/mol. The Balaban J connectivity index is 1.31. The molecule has 1 aromatic carbocycles. The van der Waals surface area contributed by atoms with Gasteiger partial charge in [0.1, 0.15) is 11.6 Å². The quantitative estimate of drug-likeness (QED) is 0.671. The molecule has 1 saturated heterocycles. The van der Waals surface area contributed by atoms with E-state index in [0.29, 0.717) is 45.4 Å². The van der Waals surface area contributed by atoms with Crippen LogP contribution in [0.4, 0.5) is 0 Å².